The molecule has 1 atom stereocenters. The van der Waals surface area contributed by atoms with E-state index in [1.54, 1.807) is 20.8 Å². The molecule has 3 rings (SSSR count). The van der Waals surface area contributed by atoms with Crippen LogP contribution in [0.2, 0.25) is 0 Å². The van der Waals surface area contributed by atoms with Crippen LogP contribution in [0.4, 0.5) is 4.79 Å². The third-order valence-electron chi connectivity index (χ3n) is 5.16. The Hall–Kier alpha value is -3.35. The summed E-state index contributed by atoms with van der Waals surface area (Å²) >= 11 is 0. The predicted molar refractivity (Wildman–Crippen MR) is 116 cm³/mol. The van der Waals surface area contributed by atoms with Gasteiger partial charge in [-0.3, -0.25) is 9.69 Å². The molecule has 0 saturated carbocycles. The van der Waals surface area contributed by atoms with Crippen molar-refractivity contribution in [1.29, 1.82) is 0 Å². The van der Waals surface area contributed by atoms with Crippen molar-refractivity contribution in [2.45, 2.75) is 44.8 Å². The van der Waals surface area contributed by atoms with Gasteiger partial charge in [0.2, 0.25) is 5.91 Å². The van der Waals surface area contributed by atoms with E-state index >= 15 is 0 Å². The first-order chi connectivity index (χ1) is 14.6. The number of nitrogens with zero attached hydrogens (tertiary/aromatic N) is 1. The molecule has 1 unspecified atom stereocenters. The first-order valence-electron chi connectivity index (χ1n) is 10.2. The second-order valence-corrected chi connectivity index (χ2v) is 8.63. The average molecular weight is 424 g/mol. The number of hydrogen-bond acceptors (Lipinski definition) is 5. The quantitative estimate of drug-likeness (QED) is 0.716. The summed E-state index contributed by atoms with van der Waals surface area (Å²) in [5.41, 5.74) is 8.92. The Bertz CT molecular complexity index is 950. The van der Waals surface area contributed by atoms with Gasteiger partial charge in [0.25, 0.3) is 0 Å². The van der Waals surface area contributed by atoms with Crippen molar-refractivity contribution in [2.75, 3.05) is 13.7 Å². The van der Waals surface area contributed by atoms with Crippen LogP contribution in [0.3, 0.4) is 0 Å². The number of primary amides is 1. The van der Waals surface area contributed by atoms with E-state index < -0.39 is 29.6 Å². The van der Waals surface area contributed by atoms with Crippen molar-refractivity contribution in [2.24, 2.45) is 5.73 Å². The zero-order chi connectivity index (χ0) is 22.8. The van der Waals surface area contributed by atoms with Crippen molar-refractivity contribution < 1.29 is 23.9 Å². The number of hydrogen-bond donors (Lipinski definition) is 1. The van der Waals surface area contributed by atoms with Crippen LogP contribution in [0.15, 0.2) is 48.5 Å². The highest BCUT2D eigenvalue weighted by atomic mass is 16.6. The van der Waals surface area contributed by atoms with Crippen molar-refractivity contribution >= 4 is 18.0 Å². The average Bonchev–Trinajstić information content (AvgIpc) is 3.02. The maximum atomic E-state index is 12.8. The SMILES string of the molecule is CN(C(=O)OCC1c2ccccc2-c2ccccc21)C(CC(N)=O)C(=O)OC(C)(C)C. The lowest BCUT2D eigenvalue weighted by molar-refractivity contribution is -0.161. The minimum absolute atomic E-state index is 0.106. The van der Waals surface area contributed by atoms with Crippen molar-refractivity contribution in [3.8, 4) is 11.1 Å². The highest BCUT2D eigenvalue weighted by molar-refractivity contribution is 5.87. The van der Waals surface area contributed by atoms with E-state index in [0.717, 1.165) is 27.2 Å². The molecule has 2 aromatic rings. The third kappa shape index (κ3) is 5.05. The van der Waals surface area contributed by atoms with Crippen LogP contribution < -0.4 is 5.73 Å². The van der Waals surface area contributed by atoms with E-state index in [1.165, 1.54) is 7.05 Å². The molecule has 0 bridgehead atoms. The van der Waals surface area contributed by atoms with E-state index in [4.69, 9.17) is 15.2 Å². The maximum absolute atomic E-state index is 12.8. The van der Waals surface area contributed by atoms with E-state index in [0.29, 0.717) is 0 Å². The first kappa shape index (κ1) is 22.3. The molecule has 7 heteroatoms. The van der Waals surface area contributed by atoms with Crippen LogP contribution in [0.1, 0.15) is 44.2 Å². The molecule has 0 aromatic heterocycles. The largest absolute Gasteiger partial charge is 0.458 e. The van der Waals surface area contributed by atoms with Gasteiger partial charge in [-0.05, 0) is 43.0 Å². The number of nitrogens with two attached hydrogens (primary N) is 1. The maximum Gasteiger partial charge on any atom is 0.410 e. The summed E-state index contributed by atoms with van der Waals surface area (Å²) in [6.07, 6.45) is -1.07. The minimum Gasteiger partial charge on any atom is -0.458 e. The van der Waals surface area contributed by atoms with Gasteiger partial charge in [-0.15, -0.1) is 0 Å². The topological polar surface area (TPSA) is 98.9 Å². The molecule has 7 nitrogen and oxygen atoms in total. The molecule has 2 aromatic carbocycles. The Kier molecular flexibility index (Phi) is 6.34. The molecule has 2 amide bonds. The lowest BCUT2D eigenvalue weighted by Gasteiger charge is -2.29. The predicted octanol–water partition coefficient (Wildman–Crippen LogP) is 3.45. The second-order valence-electron chi connectivity index (χ2n) is 8.63. The second kappa shape index (κ2) is 8.79. The van der Waals surface area contributed by atoms with Gasteiger partial charge in [0.05, 0.1) is 6.42 Å². The fourth-order valence-electron chi connectivity index (χ4n) is 3.76. The van der Waals surface area contributed by atoms with Crippen molar-refractivity contribution in [1.82, 2.24) is 4.90 Å². The molecule has 0 radical (unpaired) electrons. The van der Waals surface area contributed by atoms with Gasteiger partial charge < -0.3 is 15.2 Å². The normalized spacial score (nSPS) is 13.7. The van der Waals surface area contributed by atoms with Crippen LogP contribution in [-0.2, 0) is 19.1 Å². The Labute approximate surface area is 182 Å². The summed E-state index contributed by atoms with van der Waals surface area (Å²) in [7, 11) is 1.40. The minimum atomic E-state index is -1.16. The number of carbonyl (C=O) groups excluding carboxylic acids is 3. The Morgan fingerprint density at radius 2 is 1.52 bits per heavy atom. The van der Waals surface area contributed by atoms with Crippen LogP contribution in [0.5, 0.6) is 0 Å². The lowest BCUT2D eigenvalue weighted by atomic mass is 9.98. The number of likely N-dealkylation sites (N-methyl/N-ethyl adjacent to an activating group) is 1. The number of ether oxygens (including phenoxy) is 2. The molecule has 0 heterocycles. The monoisotopic (exact) mass is 424 g/mol. The van der Waals surface area contributed by atoms with Gasteiger partial charge in [-0.25, -0.2) is 9.59 Å². The highest BCUT2D eigenvalue weighted by Crippen LogP contribution is 2.44. The van der Waals surface area contributed by atoms with Gasteiger partial charge in [0.1, 0.15) is 18.2 Å². The summed E-state index contributed by atoms with van der Waals surface area (Å²) in [5.74, 6) is -1.53. The third-order valence-corrected chi connectivity index (χ3v) is 5.16. The number of benzene rings is 2. The van der Waals surface area contributed by atoms with Crippen LogP contribution in [0, 0.1) is 0 Å². The van der Waals surface area contributed by atoms with Crippen LogP contribution in [-0.4, -0.2) is 48.2 Å². The Balaban J connectivity index is 1.74. The molecule has 0 saturated heterocycles. The van der Waals surface area contributed by atoms with E-state index in [1.807, 2.05) is 48.5 Å². The van der Waals surface area contributed by atoms with E-state index in [2.05, 4.69) is 0 Å². The molecular formula is C24H28N2O5. The van der Waals surface area contributed by atoms with Gasteiger partial charge in [0, 0.05) is 13.0 Å². The number of esters is 1. The molecule has 1 aliphatic rings. The molecule has 1 aliphatic carbocycles. The van der Waals surface area contributed by atoms with E-state index in [9.17, 15) is 14.4 Å². The molecule has 0 aliphatic heterocycles. The van der Waals surface area contributed by atoms with Crippen LogP contribution in [0.25, 0.3) is 11.1 Å². The van der Waals surface area contributed by atoms with Gasteiger partial charge in [0.15, 0.2) is 0 Å². The number of fused-ring (bicyclic) bond motifs is 3. The van der Waals surface area contributed by atoms with Gasteiger partial charge >= 0.3 is 12.1 Å². The summed E-state index contributed by atoms with van der Waals surface area (Å²) in [6, 6.07) is 14.9. The van der Waals surface area contributed by atoms with Crippen molar-refractivity contribution in [3.05, 3.63) is 59.7 Å². The number of amides is 2. The Morgan fingerprint density at radius 1 is 1.00 bits per heavy atom. The number of rotatable bonds is 6. The lowest BCUT2D eigenvalue weighted by Crippen LogP contribution is -2.47. The fourth-order valence-corrected chi connectivity index (χ4v) is 3.76. The zero-order valence-electron chi connectivity index (χ0n) is 18.3. The van der Waals surface area contributed by atoms with Crippen molar-refractivity contribution in [3.63, 3.8) is 0 Å². The van der Waals surface area contributed by atoms with Gasteiger partial charge in [-0.1, -0.05) is 48.5 Å². The summed E-state index contributed by atoms with van der Waals surface area (Å²) < 4.78 is 10.9. The smallest absolute Gasteiger partial charge is 0.410 e. The molecule has 0 spiro atoms. The molecule has 164 valence electrons. The van der Waals surface area contributed by atoms with E-state index in [-0.39, 0.29) is 18.9 Å². The van der Waals surface area contributed by atoms with Gasteiger partial charge in [-0.2, -0.15) is 0 Å². The molecule has 31 heavy (non-hydrogen) atoms. The summed E-state index contributed by atoms with van der Waals surface area (Å²) in [6.45, 7) is 5.23. The standard InChI is InChI=1S/C24H28N2O5/c1-24(2,3)31-22(28)20(13-21(25)27)26(4)23(29)30-14-19-17-11-7-5-9-15(17)16-10-6-8-12-18(16)19/h5-12,19-20H,13-14H2,1-4H3,(H2,25,27). The molecule has 0 fully saturated rings. The summed E-state index contributed by atoms with van der Waals surface area (Å²) in [4.78, 5) is 37.9. The molecular weight excluding hydrogens is 396 g/mol. The molecule has 2 N–H and O–H groups in total. The highest BCUT2D eigenvalue weighted by Gasteiger charge is 2.35. The van der Waals surface area contributed by atoms with Crippen LogP contribution >= 0.6 is 0 Å². The Morgan fingerprint density at radius 3 is 2.00 bits per heavy atom. The fraction of sp³-hybridized carbons (Fsp3) is 0.375. The number of carbonyl (C=O) groups is 3. The first-order valence-corrected chi connectivity index (χ1v) is 10.2. The summed E-state index contributed by atoms with van der Waals surface area (Å²) in [5, 5.41) is 0. The zero-order valence-corrected chi connectivity index (χ0v) is 18.3.